The maximum absolute atomic E-state index is 10.8. The fourth-order valence-corrected chi connectivity index (χ4v) is 4.85. The molecule has 3 aromatic rings. The van der Waals surface area contributed by atoms with Crippen LogP contribution in [0.15, 0.2) is 60.0 Å². The highest BCUT2D eigenvalue weighted by Crippen LogP contribution is 2.42. The Morgan fingerprint density at radius 1 is 1.07 bits per heavy atom. The lowest BCUT2D eigenvalue weighted by molar-refractivity contribution is 0.0929. The summed E-state index contributed by atoms with van der Waals surface area (Å²) in [6, 6.07) is 18.4. The summed E-state index contributed by atoms with van der Waals surface area (Å²) in [5.74, 6) is 1.51. The lowest BCUT2D eigenvalue weighted by atomic mass is 9.90. The number of thiophene rings is 1. The zero-order chi connectivity index (χ0) is 19.5. The number of benzene rings is 2. The first-order valence-corrected chi connectivity index (χ1v) is 10.3. The molecule has 4 rings (SSSR count). The molecule has 0 saturated heterocycles. The van der Waals surface area contributed by atoms with Crippen LogP contribution in [0, 0.1) is 0 Å². The van der Waals surface area contributed by atoms with Crippen molar-refractivity contribution in [1.82, 2.24) is 4.90 Å². The summed E-state index contributed by atoms with van der Waals surface area (Å²) in [6.07, 6.45) is 0.393. The van der Waals surface area contributed by atoms with Crippen LogP contribution >= 0.6 is 11.3 Å². The van der Waals surface area contributed by atoms with Crippen LogP contribution in [-0.4, -0.2) is 37.3 Å². The van der Waals surface area contributed by atoms with Crippen molar-refractivity contribution >= 4 is 11.3 Å². The van der Waals surface area contributed by atoms with Crippen molar-refractivity contribution in [1.29, 1.82) is 0 Å². The predicted octanol–water partition coefficient (Wildman–Crippen LogP) is 4.45. The Bertz CT molecular complexity index is 911. The van der Waals surface area contributed by atoms with E-state index in [1.54, 1.807) is 25.6 Å². The normalized spacial score (nSPS) is 17.8. The van der Waals surface area contributed by atoms with Gasteiger partial charge in [0, 0.05) is 18.0 Å². The molecule has 0 saturated carbocycles. The van der Waals surface area contributed by atoms with Gasteiger partial charge in [0.25, 0.3) is 0 Å². The molecule has 2 heterocycles. The van der Waals surface area contributed by atoms with E-state index in [2.05, 4.69) is 34.5 Å². The van der Waals surface area contributed by atoms with Gasteiger partial charge in [0.1, 0.15) is 0 Å². The van der Waals surface area contributed by atoms with Gasteiger partial charge in [-0.1, -0.05) is 36.4 Å². The Hall–Kier alpha value is -2.34. The number of nitrogens with zero attached hydrogens (tertiary/aromatic N) is 1. The van der Waals surface area contributed by atoms with Gasteiger partial charge >= 0.3 is 0 Å². The summed E-state index contributed by atoms with van der Waals surface area (Å²) < 4.78 is 11.1. The Labute approximate surface area is 170 Å². The highest BCUT2D eigenvalue weighted by Gasteiger charge is 2.32. The lowest BCUT2D eigenvalue weighted by Crippen LogP contribution is -2.38. The summed E-state index contributed by atoms with van der Waals surface area (Å²) in [7, 11) is 3.34. The van der Waals surface area contributed by atoms with Crippen molar-refractivity contribution in [3.8, 4) is 11.5 Å². The minimum atomic E-state index is -0.523. The largest absolute Gasteiger partial charge is 0.493 e. The minimum absolute atomic E-state index is 0.0990. The van der Waals surface area contributed by atoms with Gasteiger partial charge in [0.2, 0.25) is 0 Å². The fourth-order valence-electron chi connectivity index (χ4n) is 3.98. The van der Waals surface area contributed by atoms with Gasteiger partial charge in [-0.3, -0.25) is 4.90 Å². The number of hydrogen-bond acceptors (Lipinski definition) is 5. The maximum Gasteiger partial charge on any atom is 0.161 e. The van der Waals surface area contributed by atoms with E-state index < -0.39 is 6.10 Å². The number of ether oxygens (including phenoxy) is 2. The Morgan fingerprint density at radius 3 is 2.50 bits per heavy atom. The lowest BCUT2D eigenvalue weighted by Gasteiger charge is -2.38. The van der Waals surface area contributed by atoms with E-state index in [0.29, 0.717) is 6.54 Å². The van der Waals surface area contributed by atoms with Gasteiger partial charge in [-0.15, -0.1) is 11.3 Å². The standard InChI is InChI=1S/C23H25NO3S/c1-26-20-13-17-10-11-24(15-19(25)16-7-4-3-5-8-16)23(22-9-6-12-28-22)18(17)14-21(20)27-2/h3-9,12-14,19,23,25H,10-11,15H2,1-2H3. The zero-order valence-electron chi connectivity index (χ0n) is 16.2. The van der Waals surface area contributed by atoms with Crippen molar-refractivity contribution < 1.29 is 14.6 Å². The number of aliphatic hydroxyl groups is 1. The van der Waals surface area contributed by atoms with Crippen LogP contribution in [0.4, 0.5) is 0 Å². The number of fused-ring (bicyclic) bond motifs is 1. The van der Waals surface area contributed by atoms with Crippen LogP contribution in [0.3, 0.4) is 0 Å². The molecule has 2 aromatic carbocycles. The number of aliphatic hydroxyl groups excluding tert-OH is 1. The van der Waals surface area contributed by atoms with Gasteiger partial charge in [0.15, 0.2) is 11.5 Å². The quantitative estimate of drug-likeness (QED) is 0.670. The summed E-state index contributed by atoms with van der Waals surface area (Å²) in [5, 5.41) is 12.9. The molecule has 2 atom stereocenters. The Kier molecular flexibility index (Phi) is 5.67. The molecular formula is C23H25NO3S. The van der Waals surface area contributed by atoms with Gasteiger partial charge < -0.3 is 14.6 Å². The number of methoxy groups -OCH3 is 2. The van der Waals surface area contributed by atoms with Crippen LogP contribution in [-0.2, 0) is 6.42 Å². The maximum atomic E-state index is 10.8. The fraction of sp³-hybridized carbons (Fsp3) is 0.304. The van der Waals surface area contributed by atoms with E-state index in [4.69, 9.17) is 9.47 Å². The molecule has 2 unspecified atom stereocenters. The molecule has 0 fully saturated rings. The first kappa shape index (κ1) is 19.0. The first-order chi connectivity index (χ1) is 13.7. The highest BCUT2D eigenvalue weighted by molar-refractivity contribution is 7.10. The second-order valence-corrected chi connectivity index (χ2v) is 7.97. The average Bonchev–Trinajstić information content (AvgIpc) is 3.27. The predicted molar refractivity (Wildman–Crippen MR) is 112 cm³/mol. The zero-order valence-corrected chi connectivity index (χ0v) is 17.0. The Balaban J connectivity index is 1.71. The minimum Gasteiger partial charge on any atom is -0.493 e. The third-order valence-corrected chi connectivity index (χ3v) is 6.30. The summed E-state index contributed by atoms with van der Waals surface area (Å²) >= 11 is 1.75. The summed E-state index contributed by atoms with van der Waals surface area (Å²) in [6.45, 7) is 1.47. The van der Waals surface area contributed by atoms with Crippen molar-refractivity contribution in [3.05, 3.63) is 81.5 Å². The molecule has 28 heavy (non-hydrogen) atoms. The van der Waals surface area contributed by atoms with Gasteiger partial charge in [-0.25, -0.2) is 0 Å². The molecule has 1 N–H and O–H groups in total. The topological polar surface area (TPSA) is 41.9 Å². The third-order valence-electron chi connectivity index (χ3n) is 5.38. The van der Waals surface area contributed by atoms with Crippen LogP contribution < -0.4 is 9.47 Å². The molecule has 5 heteroatoms. The monoisotopic (exact) mass is 395 g/mol. The highest BCUT2D eigenvalue weighted by atomic mass is 32.1. The van der Waals surface area contributed by atoms with Crippen LogP contribution in [0.5, 0.6) is 11.5 Å². The molecule has 0 bridgehead atoms. The van der Waals surface area contributed by atoms with Crippen molar-refractivity contribution in [2.75, 3.05) is 27.3 Å². The smallest absolute Gasteiger partial charge is 0.161 e. The molecule has 1 aliphatic heterocycles. The van der Waals surface area contributed by atoms with Crippen molar-refractivity contribution in [3.63, 3.8) is 0 Å². The molecule has 4 nitrogen and oxygen atoms in total. The van der Waals surface area contributed by atoms with Crippen molar-refractivity contribution in [2.24, 2.45) is 0 Å². The van der Waals surface area contributed by atoms with Gasteiger partial charge in [-0.05, 0) is 46.7 Å². The van der Waals surface area contributed by atoms with E-state index in [9.17, 15) is 5.11 Å². The summed E-state index contributed by atoms with van der Waals surface area (Å²) in [5.41, 5.74) is 3.46. The van der Waals surface area contributed by atoms with Gasteiger partial charge in [0.05, 0.1) is 26.4 Å². The van der Waals surface area contributed by atoms with Gasteiger partial charge in [-0.2, -0.15) is 0 Å². The molecule has 0 radical (unpaired) electrons. The molecule has 1 aliphatic rings. The number of β-amino-alcohol motifs (C(OH)–C–C–N with tert-alkyl or cyclic N) is 1. The van der Waals surface area contributed by atoms with E-state index in [-0.39, 0.29) is 6.04 Å². The van der Waals surface area contributed by atoms with Crippen LogP contribution in [0.1, 0.15) is 33.7 Å². The van der Waals surface area contributed by atoms with E-state index >= 15 is 0 Å². The van der Waals surface area contributed by atoms with E-state index in [1.165, 1.54) is 16.0 Å². The molecular weight excluding hydrogens is 370 g/mol. The van der Waals surface area contributed by atoms with Crippen LogP contribution in [0.25, 0.3) is 0 Å². The number of rotatable bonds is 6. The first-order valence-electron chi connectivity index (χ1n) is 9.46. The number of hydrogen-bond donors (Lipinski definition) is 1. The van der Waals surface area contributed by atoms with Crippen molar-refractivity contribution in [2.45, 2.75) is 18.6 Å². The second-order valence-electron chi connectivity index (χ2n) is 7.00. The second kappa shape index (κ2) is 8.35. The molecule has 146 valence electrons. The molecule has 0 aliphatic carbocycles. The average molecular weight is 396 g/mol. The molecule has 1 aromatic heterocycles. The summed E-state index contributed by atoms with van der Waals surface area (Å²) in [4.78, 5) is 3.64. The molecule has 0 spiro atoms. The molecule has 0 amide bonds. The SMILES string of the molecule is COc1cc2c(cc1OC)C(c1cccs1)N(CC(O)c1ccccc1)CC2. The van der Waals surface area contributed by atoms with Crippen LogP contribution in [0.2, 0.25) is 0 Å². The van der Waals surface area contributed by atoms with E-state index in [1.807, 2.05) is 30.3 Å². The third kappa shape index (κ3) is 3.65. The van der Waals surface area contributed by atoms with E-state index in [0.717, 1.165) is 30.0 Å². The Morgan fingerprint density at radius 2 is 1.82 bits per heavy atom.